The maximum atomic E-state index is 12.3. The van der Waals surface area contributed by atoms with Crippen LogP contribution in [0.5, 0.6) is 0 Å². The van der Waals surface area contributed by atoms with Crippen LogP contribution in [-0.2, 0) is 0 Å². The summed E-state index contributed by atoms with van der Waals surface area (Å²) >= 11 is 6.01. The number of aliphatic hydroxyl groups excluding tert-OH is 1. The smallest absolute Gasteiger partial charge is 0.255 e. The number of nitrogens with two attached hydrogens (primary N) is 1. The topological polar surface area (TPSA) is 66.6 Å². The molecule has 5 heteroatoms. The van der Waals surface area contributed by atoms with Gasteiger partial charge in [-0.3, -0.25) is 4.79 Å². The van der Waals surface area contributed by atoms with Crippen molar-refractivity contribution in [1.82, 2.24) is 4.90 Å². The minimum atomic E-state index is -0.470. The van der Waals surface area contributed by atoms with E-state index in [4.69, 9.17) is 17.3 Å². The van der Waals surface area contributed by atoms with Gasteiger partial charge in [-0.05, 0) is 30.5 Å². The number of aliphatic hydroxyl groups is 1. The van der Waals surface area contributed by atoms with Crippen molar-refractivity contribution in [2.24, 2.45) is 5.92 Å². The fourth-order valence-electron chi connectivity index (χ4n) is 2.11. The van der Waals surface area contributed by atoms with Crippen LogP contribution in [0.2, 0.25) is 5.02 Å². The maximum absolute atomic E-state index is 12.3. The Bertz CT molecular complexity index is 464. The van der Waals surface area contributed by atoms with Crippen molar-refractivity contribution >= 4 is 23.2 Å². The molecule has 2 unspecified atom stereocenters. The maximum Gasteiger partial charge on any atom is 0.255 e. The molecule has 0 saturated carbocycles. The molecule has 0 aromatic heterocycles. The number of halogens is 1. The average molecular weight is 269 g/mol. The minimum absolute atomic E-state index is 0.168. The van der Waals surface area contributed by atoms with Crippen LogP contribution in [0, 0.1) is 5.92 Å². The Morgan fingerprint density at radius 2 is 2.28 bits per heavy atom. The predicted molar refractivity (Wildman–Crippen MR) is 71.6 cm³/mol. The highest BCUT2D eigenvalue weighted by Gasteiger charge is 2.28. The van der Waals surface area contributed by atoms with E-state index in [1.807, 2.05) is 6.92 Å². The second-order valence-corrected chi connectivity index (χ2v) is 5.23. The van der Waals surface area contributed by atoms with E-state index in [1.165, 1.54) is 0 Å². The monoisotopic (exact) mass is 268 g/mol. The number of carbonyl (C=O) groups is 1. The lowest BCUT2D eigenvalue weighted by molar-refractivity contribution is 0.0249. The van der Waals surface area contributed by atoms with Gasteiger partial charge in [-0.25, -0.2) is 0 Å². The number of β-amino-alcohol motifs (C(OH)–C–C–N with tert-alkyl or cyclic N) is 1. The Hall–Kier alpha value is -1.26. The molecule has 0 aliphatic carbocycles. The van der Waals surface area contributed by atoms with Crippen molar-refractivity contribution in [2.45, 2.75) is 19.4 Å². The summed E-state index contributed by atoms with van der Waals surface area (Å²) in [6.07, 6.45) is 0.329. The second-order valence-electron chi connectivity index (χ2n) is 4.82. The number of likely N-dealkylation sites (tertiary alicyclic amines) is 1. The number of nitrogens with zero attached hydrogens (tertiary/aromatic N) is 1. The quantitative estimate of drug-likeness (QED) is 0.763. The molecule has 98 valence electrons. The molecule has 0 bridgehead atoms. The summed E-state index contributed by atoms with van der Waals surface area (Å²) in [6.45, 7) is 2.98. The molecule has 18 heavy (non-hydrogen) atoms. The highest BCUT2D eigenvalue weighted by Crippen LogP contribution is 2.24. The first-order valence-corrected chi connectivity index (χ1v) is 6.39. The van der Waals surface area contributed by atoms with Crippen LogP contribution in [-0.4, -0.2) is 35.1 Å². The molecule has 1 aliphatic heterocycles. The van der Waals surface area contributed by atoms with Gasteiger partial charge < -0.3 is 15.7 Å². The van der Waals surface area contributed by atoms with Crippen LogP contribution in [0.4, 0.5) is 5.69 Å². The molecule has 0 radical (unpaired) electrons. The predicted octanol–water partition coefficient (Wildman–Crippen LogP) is 1.77. The van der Waals surface area contributed by atoms with Crippen molar-refractivity contribution < 1.29 is 9.90 Å². The standard InChI is InChI=1S/C13H17ClN2O2/c1-8-4-5-16(7-12(8)17)13(18)10-6-9(15)2-3-11(10)14/h2-3,6,8,12,17H,4-5,7,15H2,1H3. The van der Waals surface area contributed by atoms with Gasteiger partial charge >= 0.3 is 0 Å². The van der Waals surface area contributed by atoms with Crippen molar-refractivity contribution in [3.63, 3.8) is 0 Å². The van der Waals surface area contributed by atoms with E-state index >= 15 is 0 Å². The summed E-state index contributed by atoms with van der Waals surface area (Å²) in [7, 11) is 0. The van der Waals surface area contributed by atoms with E-state index in [-0.39, 0.29) is 11.8 Å². The SMILES string of the molecule is CC1CCN(C(=O)c2cc(N)ccc2Cl)CC1O. The molecule has 1 aromatic carbocycles. The molecule has 2 atom stereocenters. The third kappa shape index (κ3) is 2.60. The van der Waals surface area contributed by atoms with E-state index < -0.39 is 6.10 Å². The van der Waals surface area contributed by atoms with Crippen LogP contribution in [0.3, 0.4) is 0 Å². The van der Waals surface area contributed by atoms with Gasteiger partial charge in [0.05, 0.1) is 16.7 Å². The Kier molecular flexibility index (Phi) is 3.78. The van der Waals surface area contributed by atoms with Crippen molar-refractivity contribution in [3.05, 3.63) is 28.8 Å². The lowest BCUT2D eigenvalue weighted by atomic mass is 9.95. The third-order valence-corrected chi connectivity index (χ3v) is 3.76. The van der Waals surface area contributed by atoms with Crippen molar-refractivity contribution in [3.8, 4) is 0 Å². The average Bonchev–Trinajstić information content (AvgIpc) is 2.35. The first-order valence-electron chi connectivity index (χ1n) is 6.01. The first-order chi connectivity index (χ1) is 8.49. The summed E-state index contributed by atoms with van der Waals surface area (Å²) in [5.74, 6) is 0.0589. The minimum Gasteiger partial charge on any atom is -0.399 e. The van der Waals surface area contributed by atoms with E-state index in [2.05, 4.69) is 0 Å². The van der Waals surface area contributed by atoms with Crippen LogP contribution < -0.4 is 5.73 Å². The molecule has 1 amide bonds. The molecule has 3 N–H and O–H groups in total. The Morgan fingerprint density at radius 3 is 2.94 bits per heavy atom. The van der Waals surface area contributed by atoms with Gasteiger partial charge in [0.15, 0.2) is 0 Å². The molecule has 0 spiro atoms. The molecular weight excluding hydrogens is 252 g/mol. The number of amides is 1. The van der Waals surface area contributed by atoms with Gasteiger partial charge in [-0.2, -0.15) is 0 Å². The molecule has 1 aromatic rings. The van der Waals surface area contributed by atoms with E-state index in [1.54, 1.807) is 23.1 Å². The summed E-state index contributed by atoms with van der Waals surface area (Å²) in [6, 6.07) is 4.86. The summed E-state index contributed by atoms with van der Waals surface area (Å²) < 4.78 is 0. The third-order valence-electron chi connectivity index (χ3n) is 3.43. The molecule has 1 fully saturated rings. The number of hydrogen-bond donors (Lipinski definition) is 2. The van der Waals surface area contributed by atoms with Gasteiger partial charge in [0, 0.05) is 18.8 Å². The van der Waals surface area contributed by atoms with Gasteiger partial charge in [0.2, 0.25) is 0 Å². The largest absolute Gasteiger partial charge is 0.399 e. The van der Waals surface area contributed by atoms with E-state index in [0.717, 1.165) is 6.42 Å². The zero-order valence-electron chi connectivity index (χ0n) is 10.3. The number of hydrogen-bond acceptors (Lipinski definition) is 3. The molecular formula is C13H17ClN2O2. The molecule has 4 nitrogen and oxygen atoms in total. The number of nitrogen functional groups attached to an aromatic ring is 1. The Labute approximate surface area is 111 Å². The Balaban J connectivity index is 2.19. The number of benzene rings is 1. The van der Waals surface area contributed by atoms with E-state index in [0.29, 0.717) is 29.4 Å². The van der Waals surface area contributed by atoms with Gasteiger partial charge in [-0.1, -0.05) is 18.5 Å². The number of carbonyl (C=O) groups excluding carboxylic acids is 1. The molecule has 2 rings (SSSR count). The van der Waals surface area contributed by atoms with Gasteiger partial charge in [-0.15, -0.1) is 0 Å². The number of rotatable bonds is 1. The summed E-state index contributed by atoms with van der Waals surface area (Å²) in [5, 5.41) is 10.2. The second kappa shape index (κ2) is 5.16. The fraction of sp³-hybridized carbons (Fsp3) is 0.462. The number of anilines is 1. The van der Waals surface area contributed by atoms with Crippen LogP contribution >= 0.6 is 11.6 Å². The van der Waals surface area contributed by atoms with Gasteiger partial charge in [0.1, 0.15) is 0 Å². The normalized spacial score (nSPS) is 24.1. The van der Waals surface area contributed by atoms with Crippen molar-refractivity contribution in [1.29, 1.82) is 0 Å². The van der Waals surface area contributed by atoms with Crippen molar-refractivity contribution in [2.75, 3.05) is 18.8 Å². The molecule has 1 heterocycles. The lowest BCUT2D eigenvalue weighted by Crippen LogP contribution is -2.45. The highest BCUT2D eigenvalue weighted by atomic mass is 35.5. The fourth-order valence-corrected chi connectivity index (χ4v) is 2.31. The number of piperidine rings is 1. The van der Waals surface area contributed by atoms with Gasteiger partial charge in [0.25, 0.3) is 5.91 Å². The zero-order chi connectivity index (χ0) is 13.3. The van der Waals surface area contributed by atoms with E-state index in [9.17, 15) is 9.90 Å². The first kappa shape index (κ1) is 13.2. The Morgan fingerprint density at radius 1 is 1.56 bits per heavy atom. The summed E-state index contributed by atoms with van der Waals surface area (Å²) in [5.41, 5.74) is 6.57. The lowest BCUT2D eigenvalue weighted by Gasteiger charge is -2.34. The van der Waals surface area contributed by atoms with Crippen LogP contribution in [0.15, 0.2) is 18.2 Å². The summed E-state index contributed by atoms with van der Waals surface area (Å²) in [4.78, 5) is 13.9. The highest BCUT2D eigenvalue weighted by molar-refractivity contribution is 6.34. The molecule has 1 saturated heterocycles. The molecule has 1 aliphatic rings. The van der Waals surface area contributed by atoms with Crippen LogP contribution in [0.25, 0.3) is 0 Å². The zero-order valence-corrected chi connectivity index (χ0v) is 11.0. The van der Waals surface area contributed by atoms with Crippen LogP contribution in [0.1, 0.15) is 23.7 Å².